The van der Waals surface area contributed by atoms with Crippen LogP contribution >= 0.6 is 0 Å². The van der Waals surface area contributed by atoms with Gasteiger partial charge in [-0.2, -0.15) is 0 Å². The van der Waals surface area contributed by atoms with Crippen molar-refractivity contribution in [2.75, 3.05) is 19.5 Å². The largest absolute Gasteiger partial charge is 0.497 e. The zero-order chi connectivity index (χ0) is 22.0. The number of pyridine rings is 1. The van der Waals surface area contributed by atoms with Crippen LogP contribution in [0.1, 0.15) is 21.5 Å². The van der Waals surface area contributed by atoms with Gasteiger partial charge in [-0.25, -0.2) is 4.98 Å². The van der Waals surface area contributed by atoms with Crippen LogP contribution in [0, 0.1) is 13.8 Å². The van der Waals surface area contributed by atoms with Crippen LogP contribution < -0.4 is 14.8 Å². The Balaban J connectivity index is 1.80. The quantitative estimate of drug-likeness (QED) is 0.451. The van der Waals surface area contributed by atoms with Crippen molar-refractivity contribution in [1.29, 1.82) is 0 Å². The molecule has 5 heteroatoms. The van der Waals surface area contributed by atoms with Gasteiger partial charge in [0, 0.05) is 17.0 Å². The Labute approximate surface area is 181 Å². The van der Waals surface area contributed by atoms with Crippen LogP contribution in [0.25, 0.3) is 22.2 Å². The minimum absolute atomic E-state index is 0.229. The van der Waals surface area contributed by atoms with E-state index in [0.29, 0.717) is 22.7 Å². The Morgan fingerprint density at radius 3 is 2.45 bits per heavy atom. The molecule has 0 aliphatic heterocycles. The van der Waals surface area contributed by atoms with Crippen molar-refractivity contribution in [2.24, 2.45) is 0 Å². The number of carbonyl (C=O) groups is 1. The number of anilines is 1. The number of carbonyl (C=O) groups excluding carboxylic acids is 1. The first-order valence-electron chi connectivity index (χ1n) is 10.0. The second-order valence-corrected chi connectivity index (χ2v) is 7.41. The van der Waals surface area contributed by atoms with Crippen molar-refractivity contribution in [3.05, 3.63) is 83.4 Å². The molecule has 4 rings (SSSR count). The summed E-state index contributed by atoms with van der Waals surface area (Å²) in [5.41, 5.74) is 5.97. The van der Waals surface area contributed by atoms with Crippen LogP contribution in [0.15, 0.2) is 66.7 Å². The normalized spacial score (nSPS) is 10.7. The molecule has 0 aliphatic rings. The minimum atomic E-state index is -0.229. The van der Waals surface area contributed by atoms with Crippen molar-refractivity contribution in [1.82, 2.24) is 4.98 Å². The van der Waals surface area contributed by atoms with Gasteiger partial charge in [-0.3, -0.25) is 4.79 Å². The Kier molecular flexibility index (Phi) is 5.58. The number of para-hydroxylation sites is 1. The van der Waals surface area contributed by atoms with Gasteiger partial charge >= 0.3 is 0 Å². The number of hydrogen-bond donors (Lipinski definition) is 1. The van der Waals surface area contributed by atoms with Gasteiger partial charge in [0.2, 0.25) is 0 Å². The Morgan fingerprint density at radius 2 is 1.71 bits per heavy atom. The van der Waals surface area contributed by atoms with Gasteiger partial charge in [0.15, 0.2) is 0 Å². The highest BCUT2D eigenvalue weighted by Gasteiger charge is 2.17. The van der Waals surface area contributed by atoms with Crippen LogP contribution in [0.3, 0.4) is 0 Å². The summed E-state index contributed by atoms with van der Waals surface area (Å²) in [6, 6.07) is 21.0. The lowest BCUT2D eigenvalue weighted by molar-refractivity contribution is 0.102. The monoisotopic (exact) mass is 412 g/mol. The van der Waals surface area contributed by atoms with Crippen LogP contribution in [-0.2, 0) is 0 Å². The van der Waals surface area contributed by atoms with Crippen LogP contribution in [0.5, 0.6) is 11.5 Å². The third kappa shape index (κ3) is 4.08. The third-order valence-corrected chi connectivity index (χ3v) is 5.28. The Bertz CT molecular complexity index is 1280. The van der Waals surface area contributed by atoms with E-state index in [4.69, 9.17) is 14.5 Å². The second-order valence-electron chi connectivity index (χ2n) is 7.41. The van der Waals surface area contributed by atoms with E-state index in [1.807, 2.05) is 30.3 Å². The fourth-order valence-corrected chi connectivity index (χ4v) is 3.69. The molecular weight excluding hydrogens is 388 g/mol. The van der Waals surface area contributed by atoms with Crippen LogP contribution in [0.4, 0.5) is 5.69 Å². The summed E-state index contributed by atoms with van der Waals surface area (Å²) in [6.07, 6.45) is 0. The lowest BCUT2D eigenvalue weighted by Gasteiger charge is -2.14. The molecule has 1 amide bonds. The number of amides is 1. The van der Waals surface area contributed by atoms with Gasteiger partial charge < -0.3 is 14.8 Å². The number of aryl methyl sites for hydroxylation is 2. The van der Waals surface area contributed by atoms with Crippen LogP contribution in [-0.4, -0.2) is 25.1 Å². The summed E-state index contributed by atoms with van der Waals surface area (Å²) in [4.78, 5) is 18.2. The molecule has 4 aromatic rings. The molecule has 0 bridgehead atoms. The second kappa shape index (κ2) is 8.48. The first-order valence-corrected chi connectivity index (χ1v) is 10.0. The van der Waals surface area contributed by atoms with Crippen molar-refractivity contribution < 1.29 is 14.3 Å². The number of rotatable bonds is 5. The van der Waals surface area contributed by atoms with E-state index >= 15 is 0 Å². The highest BCUT2D eigenvalue weighted by Crippen LogP contribution is 2.31. The van der Waals surface area contributed by atoms with Crippen molar-refractivity contribution >= 4 is 22.5 Å². The first-order chi connectivity index (χ1) is 15.0. The molecule has 0 atom stereocenters. The van der Waals surface area contributed by atoms with E-state index < -0.39 is 0 Å². The number of aromatic nitrogens is 1. The number of ether oxygens (including phenoxy) is 2. The van der Waals surface area contributed by atoms with E-state index in [-0.39, 0.29) is 5.91 Å². The Morgan fingerprint density at radius 1 is 0.903 bits per heavy atom. The smallest absolute Gasteiger partial charge is 0.256 e. The molecule has 1 heterocycles. The van der Waals surface area contributed by atoms with E-state index in [1.165, 1.54) is 5.56 Å². The molecule has 0 radical (unpaired) electrons. The predicted molar refractivity (Wildman–Crippen MR) is 124 cm³/mol. The third-order valence-electron chi connectivity index (χ3n) is 5.28. The fraction of sp³-hybridized carbons (Fsp3) is 0.154. The summed E-state index contributed by atoms with van der Waals surface area (Å²) in [5.74, 6) is 0.954. The van der Waals surface area contributed by atoms with Crippen molar-refractivity contribution in [2.45, 2.75) is 13.8 Å². The molecule has 0 spiro atoms. The summed E-state index contributed by atoms with van der Waals surface area (Å²) < 4.78 is 10.7. The fourth-order valence-electron chi connectivity index (χ4n) is 3.69. The highest BCUT2D eigenvalue weighted by molar-refractivity contribution is 6.13. The number of methoxy groups -OCH3 is 2. The zero-order valence-corrected chi connectivity index (χ0v) is 18.0. The Hall–Kier alpha value is -3.86. The number of hydrogen-bond acceptors (Lipinski definition) is 4. The summed E-state index contributed by atoms with van der Waals surface area (Å²) >= 11 is 0. The number of nitrogens with zero attached hydrogens (tertiary/aromatic N) is 1. The van der Waals surface area contributed by atoms with Crippen molar-refractivity contribution in [3.8, 4) is 22.8 Å². The lowest BCUT2D eigenvalue weighted by atomic mass is 9.99. The maximum Gasteiger partial charge on any atom is 0.256 e. The SMILES string of the molecule is COc1ccc(NC(=O)c2cc(-c3ccc(C)cc3C)nc3ccccc23)c(OC)c1. The van der Waals surface area contributed by atoms with E-state index in [9.17, 15) is 4.79 Å². The highest BCUT2D eigenvalue weighted by atomic mass is 16.5. The number of nitrogens with one attached hydrogen (secondary N) is 1. The topological polar surface area (TPSA) is 60.5 Å². The molecule has 3 aromatic carbocycles. The van der Waals surface area contributed by atoms with Gasteiger partial charge in [0.1, 0.15) is 11.5 Å². The number of fused-ring (bicyclic) bond motifs is 1. The molecule has 31 heavy (non-hydrogen) atoms. The maximum absolute atomic E-state index is 13.3. The average molecular weight is 412 g/mol. The van der Waals surface area contributed by atoms with Gasteiger partial charge in [-0.1, -0.05) is 42.0 Å². The predicted octanol–water partition coefficient (Wildman–Crippen LogP) is 5.79. The number of benzene rings is 3. The van der Waals surface area contributed by atoms with Crippen molar-refractivity contribution in [3.63, 3.8) is 0 Å². The van der Waals surface area contributed by atoms with E-state index in [2.05, 4.69) is 37.4 Å². The molecule has 0 saturated carbocycles. The average Bonchev–Trinajstić information content (AvgIpc) is 2.78. The minimum Gasteiger partial charge on any atom is -0.497 e. The van der Waals surface area contributed by atoms with Crippen LogP contribution in [0.2, 0.25) is 0 Å². The molecule has 1 N–H and O–H groups in total. The lowest BCUT2D eigenvalue weighted by Crippen LogP contribution is -2.14. The molecular formula is C26H24N2O3. The molecule has 1 aromatic heterocycles. The molecule has 5 nitrogen and oxygen atoms in total. The maximum atomic E-state index is 13.3. The van der Waals surface area contributed by atoms with Gasteiger partial charge in [0.05, 0.1) is 36.7 Å². The standard InChI is InChI=1S/C26H24N2O3/c1-16-9-11-19(17(2)13-16)24-15-21(20-7-5-6-8-22(20)27-24)26(29)28-23-12-10-18(30-3)14-25(23)31-4/h5-15H,1-4H3,(H,28,29). The molecule has 0 fully saturated rings. The summed E-state index contributed by atoms with van der Waals surface area (Å²) in [7, 11) is 3.15. The zero-order valence-electron chi connectivity index (χ0n) is 18.0. The molecule has 0 unspecified atom stereocenters. The summed E-state index contributed by atoms with van der Waals surface area (Å²) in [6.45, 7) is 4.12. The van der Waals surface area contributed by atoms with Gasteiger partial charge in [-0.05, 0) is 43.7 Å². The van der Waals surface area contributed by atoms with E-state index in [0.717, 1.165) is 27.7 Å². The molecule has 0 aliphatic carbocycles. The van der Waals surface area contributed by atoms with E-state index in [1.54, 1.807) is 32.4 Å². The summed E-state index contributed by atoms with van der Waals surface area (Å²) in [5, 5.41) is 3.77. The molecule has 0 saturated heterocycles. The van der Waals surface area contributed by atoms with Gasteiger partial charge in [0.25, 0.3) is 5.91 Å². The molecule has 156 valence electrons. The first kappa shape index (κ1) is 20.4. The van der Waals surface area contributed by atoms with Gasteiger partial charge in [-0.15, -0.1) is 0 Å².